The summed E-state index contributed by atoms with van der Waals surface area (Å²) >= 11 is 0. The van der Waals surface area contributed by atoms with Crippen LogP contribution in [0.25, 0.3) is 16.6 Å². The minimum absolute atomic E-state index is 0.0177. The van der Waals surface area contributed by atoms with Gasteiger partial charge in [-0.25, -0.2) is 9.36 Å². The van der Waals surface area contributed by atoms with E-state index >= 15 is 0 Å². The van der Waals surface area contributed by atoms with Crippen LogP contribution in [0.4, 0.5) is 5.69 Å². The monoisotopic (exact) mass is 429 g/mol. The lowest BCUT2D eigenvalue weighted by atomic mass is 10.1. The lowest BCUT2D eigenvalue weighted by molar-refractivity contribution is -0.384. The van der Waals surface area contributed by atoms with Crippen molar-refractivity contribution in [1.82, 2.24) is 9.13 Å². The molecule has 0 aliphatic heterocycles. The quantitative estimate of drug-likeness (QED) is 0.264. The van der Waals surface area contributed by atoms with Crippen LogP contribution in [0.3, 0.4) is 0 Å². The molecule has 0 bridgehead atoms. The smallest absolute Gasteiger partial charge is 0.294 e. The number of Topliss-reactive ketones (excluding diaryl/α,β-unsaturated/α-hetero) is 1. The normalized spacial score (nSPS) is 10.9. The number of para-hydroxylation sites is 3. The molecule has 0 aliphatic carbocycles. The minimum Gasteiger partial charge on any atom is -0.294 e. The van der Waals surface area contributed by atoms with Gasteiger partial charge in [0.25, 0.3) is 11.2 Å². The molecule has 0 fully saturated rings. The van der Waals surface area contributed by atoms with E-state index < -0.39 is 16.2 Å². The number of nitro benzene ring substituents is 1. The molecule has 8 heteroatoms. The highest BCUT2D eigenvalue weighted by Crippen LogP contribution is 2.21. The maximum atomic E-state index is 13.5. The van der Waals surface area contributed by atoms with Crippen LogP contribution in [0.15, 0.2) is 82.4 Å². The Kier molecular flexibility index (Phi) is 5.51. The van der Waals surface area contributed by atoms with Crippen LogP contribution < -0.4 is 11.2 Å². The molecule has 0 atom stereocenters. The van der Waals surface area contributed by atoms with Crippen molar-refractivity contribution in [1.29, 1.82) is 0 Å². The largest absolute Gasteiger partial charge is 0.336 e. The van der Waals surface area contributed by atoms with E-state index in [2.05, 4.69) is 0 Å². The molecule has 0 radical (unpaired) electrons. The average molecular weight is 429 g/mol. The predicted octanol–water partition coefficient (Wildman–Crippen LogP) is 3.70. The fraction of sp³-hybridized carbons (Fsp3) is 0.125. The van der Waals surface area contributed by atoms with Gasteiger partial charge in [0, 0.05) is 18.1 Å². The molecule has 0 aliphatic rings. The van der Waals surface area contributed by atoms with Gasteiger partial charge < -0.3 is 0 Å². The Morgan fingerprint density at radius 3 is 2.28 bits per heavy atom. The maximum absolute atomic E-state index is 13.5. The summed E-state index contributed by atoms with van der Waals surface area (Å²) in [6, 6.07) is 19.2. The van der Waals surface area contributed by atoms with Crippen LogP contribution in [0, 0.1) is 10.1 Å². The number of benzene rings is 3. The Balaban J connectivity index is 1.94. The average Bonchev–Trinajstić information content (AvgIpc) is 2.82. The molecule has 32 heavy (non-hydrogen) atoms. The molecule has 1 heterocycles. The second-order valence-corrected chi connectivity index (χ2v) is 7.25. The highest BCUT2D eigenvalue weighted by molar-refractivity contribution is 5.95. The lowest BCUT2D eigenvalue weighted by Gasteiger charge is -2.14. The molecule has 0 unspecified atom stereocenters. The van der Waals surface area contributed by atoms with E-state index in [1.165, 1.54) is 28.8 Å². The summed E-state index contributed by atoms with van der Waals surface area (Å²) in [5.41, 5.74) is 0.0191. The number of fused-ring (bicyclic) bond motifs is 1. The van der Waals surface area contributed by atoms with Crippen LogP contribution in [0.1, 0.15) is 29.3 Å². The van der Waals surface area contributed by atoms with Crippen molar-refractivity contribution in [3.63, 3.8) is 0 Å². The van der Waals surface area contributed by atoms with Crippen molar-refractivity contribution in [2.45, 2.75) is 19.9 Å². The molecule has 4 aromatic rings. The summed E-state index contributed by atoms with van der Waals surface area (Å²) in [7, 11) is 0. The fourth-order valence-corrected chi connectivity index (χ4v) is 3.68. The number of nitro groups is 1. The molecule has 3 aromatic carbocycles. The first kappa shape index (κ1) is 20.9. The molecule has 0 N–H and O–H groups in total. The summed E-state index contributed by atoms with van der Waals surface area (Å²) in [4.78, 5) is 49.4. The topological polar surface area (TPSA) is 104 Å². The molecule has 0 amide bonds. The molecule has 0 saturated carbocycles. The van der Waals surface area contributed by atoms with Gasteiger partial charge in [-0.1, -0.05) is 55.5 Å². The summed E-state index contributed by atoms with van der Waals surface area (Å²) in [6.07, 6.45) is 0.393. The van der Waals surface area contributed by atoms with Gasteiger partial charge in [0.1, 0.15) is 5.69 Å². The van der Waals surface area contributed by atoms with E-state index in [-0.39, 0.29) is 29.1 Å². The lowest BCUT2D eigenvalue weighted by Crippen LogP contribution is -2.39. The Morgan fingerprint density at radius 1 is 0.938 bits per heavy atom. The van der Waals surface area contributed by atoms with Gasteiger partial charge in [-0.2, -0.15) is 0 Å². The first-order chi connectivity index (χ1) is 15.4. The van der Waals surface area contributed by atoms with E-state index in [0.29, 0.717) is 17.5 Å². The number of nitrogens with zero attached hydrogens (tertiary/aromatic N) is 3. The zero-order valence-corrected chi connectivity index (χ0v) is 17.2. The number of rotatable bonds is 6. The van der Waals surface area contributed by atoms with Crippen molar-refractivity contribution < 1.29 is 9.72 Å². The number of ketones is 1. The van der Waals surface area contributed by atoms with Gasteiger partial charge in [-0.15, -0.1) is 0 Å². The Bertz CT molecular complexity index is 1470. The zero-order valence-electron chi connectivity index (χ0n) is 17.2. The fourth-order valence-electron chi connectivity index (χ4n) is 3.68. The van der Waals surface area contributed by atoms with Crippen LogP contribution in [0.5, 0.6) is 0 Å². The third-order valence-corrected chi connectivity index (χ3v) is 5.31. The summed E-state index contributed by atoms with van der Waals surface area (Å²) in [5, 5.41) is 11.8. The number of hydrogen-bond donors (Lipinski definition) is 0. The van der Waals surface area contributed by atoms with Crippen LogP contribution >= 0.6 is 0 Å². The van der Waals surface area contributed by atoms with Gasteiger partial charge in [-0.3, -0.25) is 24.3 Å². The number of carbonyl (C=O) groups is 1. The summed E-state index contributed by atoms with van der Waals surface area (Å²) < 4.78 is 2.25. The zero-order chi connectivity index (χ0) is 22.8. The number of carbonyl (C=O) groups excluding carboxylic acids is 1. The molecule has 160 valence electrons. The van der Waals surface area contributed by atoms with Gasteiger partial charge >= 0.3 is 5.69 Å². The molecule has 1 aromatic heterocycles. The first-order valence-electron chi connectivity index (χ1n) is 10.0. The van der Waals surface area contributed by atoms with Crippen molar-refractivity contribution in [3.8, 4) is 5.69 Å². The number of aromatic nitrogens is 2. The van der Waals surface area contributed by atoms with E-state index in [9.17, 15) is 24.5 Å². The third-order valence-electron chi connectivity index (χ3n) is 5.31. The minimum atomic E-state index is -0.684. The molecule has 4 rings (SSSR count). The maximum Gasteiger partial charge on any atom is 0.336 e. The number of hydrogen-bond acceptors (Lipinski definition) is 5. The Morgan fingerprint density at radius 2 is 1.59 bits per heavy atom. The molecular formula is C24H19N3O5. The standard InChI is InChI=1S/C24H19N3O5/c1-2-22(28)17-13-11-16(12-14-17)15-25-19-8-4-3-7-18(19)23(29)26(24(25)30)20-9-5-6-10-21(20)27(31)32/h3-14H,2,15H2,1H3. The van der Waals surface area contributed by atoms with Gasteiger partial charge in [-0.05, 0) is 23.8 Å². The van der Waals surface area contributed by atoms with Crippen molar-refractivity contribution >= 4 is 22.4 Å². The van der Waals surface area contributed by atoms with Crippen LogP contribution in [-0.4, -0.2) is 19.8 Å². The van der Waals surface area contributed by atoms with Gasteiger partial charge in [0.2, 0.25) is 0 Å². The van der Waals surface area contributed by atoms with Crippen molar-refractivity contribution in [2.75, 3.05) is 0 Å². The van der Waals surface area contributed by atoms with Gasteiger partial charge in [0.05, 0.1) is 22.4 Å². The van der Waals surface area contributed by atoms with Gasteiger partial charge in [0.15, 0.2) is 5.78 Å². The highest BCUT2D eigenvalue weighted by atomic mass is 16.6. The second-order valence-electron chi connectivity index (χ2n) is 7.25. The predicted molar refractivity (Wildman–Crippen MR) is 121 cm³/mol. The van der Waals surface area contributed by atoms with Crippen LogP contribution in [-0.2, 0) is 6.54 Å². The molecular weight excluding hydrogens is 410 g/mol. The second kappa shape index (κ2) is 8.43. The molecule has 8 nitrogen and oxygen atoms in total. The summed E-state index contributed by atoms with van der Waals surface area (Å²) in [5.74, 6) is 0.0177. The van der Waals surface area contributed by atoms with Crippen molar-refractivity contribution in [2.24, 2.45) is 0 Å². The van der Waals surface area contributed by atoms with E-state index in [1.807, 2.05) is 0 Å². The van der Waals surface area contributed by atoms with E-state index in [1.54, 1.807) is 55.5 Å². The Labute approximate surface area is 182 Å². The summed E-state index contributed by atoms with van der Waals surface area (Å²) in [6.45, 7) is 1.91. The van der Waals surface area contributed by atoms with Crippen LogP contribution in [0.2, 0.25) is 0 Å². The highest BCUT2D eigenvalue weighted by Gasteiger charge is 2.21. The third kappa shape index (κ3) is 3.62. The first-order valence-corrected chi connectivity index (χ1v) is 10.0. The van der Waals surface area contributed by atoms with E-state index in [0.717, 1.165) is 10.1 Å². The molecule has 0 saturated heterocycles. The van der Waals surface area contributed by atoms with E-state index in [4.69, 9.17) is 0 Å². The van der Waals surface area contributed by atoms with Crippen molar-refractivity contribution in [3.05, 3.63) is 115 Å². The molecule has 0 spiro atoms. The SMILES string of the molecule is CCC(=O)c1ccc(Cn2c(=O)n(-c3ccccc3[N+](=O)[O-])c(=O)c3ccccc32)cc1. The Hall–Kier alpha value is -4.33.